The van der Waals surface area contributed by atoms with Crippen LogP contribution in [0.25, 0.3) is 0 Å². The second kappa shape index (κ2) is 5.16. The highest BCUT2D eigenvalue weighted by molar-refractivity contribution is 7.86. The van der Waals surface area contributed by atoms with E-state index in [-0.39, 0.29) is 17.6 Å². The number of hydrogen-bond donors (Lipinski definition) is 0. The summed E-state index contributed by atoms with van der Waals surface area (Å²) in [5, 5.41) is 0. The van der Waals surface area contributed by atoms with Crippen LogP contribution in [0.2, 0.25) is 0 Å². The average Bonchev–Trinajstić information content (AvgIpc) is 2.22. The largest absolute Gasteiger partial charge is 0.378 e. The first-order chi connectivity index (χ1) is 8.08. The molecule has 0 radical (unpaired) electrons. The van der Waals surface area contributed by atoms with Gasteiger partial charge in [0.2, 0.25) is 0 Å². The van der Waals surface area contributed by atoms with E-state index in [1.54, 1.807) is 24.3 Å². The van der Waals surface area contributed by atoms with Crippen LogP contribution in [0.1, 0.15) is 18.4 Å². The number of hydrogen-bond acceptors (Lipinski definition) is 4. The predicted molar refractivity (Wildman–Crippen MR) is 63.3 cm³/mol. The molecule has 1 saturated heterocycles. The fraction of sp³-hybridized carbons (Fsp3) is 0.500. The highest BCUT2D eigenvalue weighted by atomic mass is 32.2. The lowest BCUT2D eigenvalue weighted by atomic mass is 10.1. The molecule has 0 bridgehead atoms. The zero-order valence-electron chi connectivity index (χ0n) is 9.76. The first-order valence-corrected chi connectivity index (χ1v) is 7.06. The van der Waals surface area contributed by atoms with Crippen LogP contribution in [-0.2, 0) is 19.0 Å². The monoisotopic (exact) mass is 256 g/mol. The lowest BCUT2D eigenvalue weighted by Gasteiger charge is -2.25. The van der Waals surface area contributed by atoms with Crippen molar-refractivity contribution in [2.75, 3.05) is 13.2 Å². The van der Waals surface area contributed by atoms with Gasteiger partial charge in [-0.2, -0.15) is 8.42 Å². The lowest BCUT2D eigenvalue weighted by molar-refractivity contribution is -0.0593. The Hall–Kier alpha value is -0.910. The van der Waals surface area contributed by atoms with Crippen LogP contribution in [-0.4, -0.2) is 27.7 Å². The average molecular weight is 256 g/mol. The Morgan fingerprint density at radius 1 is 1.35 bits per heavy atom. The molecule has 17 heavy (non-hydrogen) atoms. The maximum absolute atomic E-state index is 11.8. The van der Waals surface area contributed by atoms with E-state index in [4.69, 9.17) is 8.92 Å². The molecule has 0 aromatic heterocycles. The second-order valence-corrected chi connectivity index (χ2v) is 5.77. The first-order valence-electron chi connectivity index (χ1n) is 5.66. The zero-order chi connectivity index (χ0) is 12.3. The molecule has 0 amide bonds. The topological polar surface area (TPSA) is 52.6 Å². The Morgan fingerprint density at radius 3 is 2.53 bits per heavy atom. The van der Waals surface area contributed by atoms with E-state index < -0.39 is 10.1 Å². The quantitative estimate of drug-likeness (QED) is 0.755. The number of ether oxygens (including phenoxy) is 1. The molecule has 1 aliphatic rings. The van der Waals surface area contributed by atoms with Crippen molar-refractivity contribution in [2.45, 2.75) is 30.8 Å². The van der Waals surface area contributed by atoms with Gasteiger partial charge in [0.1, 0.15) is 0 Å². The third-order valence-electron chi connectivity index (χ3n) is 2.78. The highest BCUT2D eigenvalue weighted by Crippen LogP contribution is 2.17. The molecule has 0 saturated carbocycles. The van der Waals surface area contributed by atoms with Gasteiger partial charge in [0, 0.05) is 6.61 Å². The molecule has 0 spiro atoms. The molecule has 2 rings (SSSR count). The van der Waals surface area contributed by atoms with Gasteiger partial charge in [0.15, 0.2) is 0 Å². The van der Waals surface area contributed by atoms with Gasteiger partial charge in [-0.1, -0.05) is 17.7 Å². The van der Waals surface area contributed by atoms with E-state index >= 15 is 0 Å². The smallest absolute Gasteiger partial charge is 0.296 e. The first kappa shape index (κ1) is 12.5. The molecule has 1 unspecified atom stereocenters. The van der Waals surface area contributed by atoms with Crippen molar-refractivity contribution in [3.05, 3.63) is 29.8 Å². The second-order valence-electron chi connectivity index (χ2n) is 4.16. The minimum atomic E-state index is -3.61. The summed E-state index contributed by atoms with van der Waals surface area (Å²) in [6.07, 6.45) is 1.79. The van der Waals surface area contributed by atoms with Gasteiger partial charge >= 0.3 is 0 Å². The maximum Gasteiger partial charge on any atom is 0.296 e. The minimum Gasteiger partial charge on any atom is -0.378 e. The summed E-state index contributed by atoms with van der Waals surface area (Å²) in [4.78, 5) is 0.206. The Balaban J connectivity index is 1.91. The molecule has 4 nitrogen and oxygen atoms in total. The summed E-state index contributed by atoms with van der Waals surface area (Å²) in [6, 6.07) is 6.63. The number of benzene rings is 1. The minimum absolute atomic E-state index is 0.170. The summed E-state index contributed by atoms with van der Waals surface area (Å²) < 4.78 is 33.7. The molecule has 1 fully saturated rings. The SMILES string of the molecule is Cc1ccc(S(=O)(=O)OCCC2CCO2)cc1. The summed E-state index contributed by atoms with van der Waals surface area (Å²) in [5.74, 6) is 0. The van der Waals surface area contributed by atoms with Crippen molar-refractivity contribution in [2.24, 2.45) is 0 Å². The Labute approximate surface area is 102 Å². The van der Waals surface area contributed by atoms with Crippen LogP contribution >= 0.6 is 0 Å². The number of aryl methyl sites for hydroxylation is 1. The summed E-state index contributed by atoms with van der Waals surface area (Å²) in [6.45, 7) is 2.86. The van der Waals surface area contributed by atoms with Gasteiger partial charge < -0.3 is 4.74 Å². The van der Waals surface area contributed by atoms with Crippen LogP contribution in [0, 0.1) is 6.92 Å². The Morgan fingerprint density at radius 2 is 2.00 bits per heavy atom. The molecule has 1 atom stereocenters. The third kappa shape index (κ3) is 3.28. The van der Waals surface area contributed by atoms with Crippen LogP contribution in [0.5, 0.6) is 0 Å². The Kier molecular flexibility index (Phi) is 3.81. The summed E-state index contributed by atoms with van der Waals surface area (Å²) >= 11 is 0. The molecule has 0 aliphatic carbocycles. The van der Waals surface area contributed by atoms with Crippen molar-refractivity contribution in [3.8, 4) is 0 Å². The normalized spacial score (nSPS) is 19.9. The van der Waals surface area contributed by atoms with Gasteiger partial charge in [0.25, 0.3) is 10.1 Å². The summed E-state index contributed by atoms with van der Waals surface area (Å²) in [5.41, 5.74) is 1.02. The Bertz CT molecular complexity index is 460. The number of rotatable bonds is 5. The van der Waals surface area contributed by atoms with Crippen LogP contribution in [0.4, 0.5) is 0 Å². The van der Waals surface area contributed by atoms with Crippen molar-refractivity contribution >= 4 is 10.1 Å². The van der Waals surface area contributed by atoms with Gasteiger partial charge in [-0.3, -0.25) is 4.18 Å². The summed E-state index contributed by atoms with van der Waals surface area (Å²) in [7, 11) is -3.61. The van der Waals surface area contributed by atoms with Crippen molar-refractivity contribution in [1.82, 2.24) is 0 Å². The highest BCUT2D eigenvalue weighted by Gasteiger charge is 2.20. The van der Waals surface area contributed by atoms with E-state index in [1.165, 1.54) is 0 Å². The standard InChI is InChI=1S/C12H16O4S/c1-10-2-4-12(5-3-10)17(13,14)16-9-7-11-6-8-15-11/h2-5,11H,6-9H2,1H3. The molecule has 0 N–H and O–H groups in total. The van der Waals surface area contributed by atoms with Crippen molar-refractivity contribution < 1.29 is 17.3 Å². The van der Waals surface area contributed by atoms with Gasteiger partial charge in [0.05, 0.1) is 17.6 Å². The van der Waals surface area contributed by atoms with Gasteiger partial charge in [-0.15, -0.1) is 0 Å². The maximum atomic E-state index is 11.8. The van der Waals surface area contributed by atoms with E-state index in [1.807, 2.05) is 6.92 Å². The molecule has 94 valence electrons. The van der Waals surface area contributed by atoms with Crippen LogP contribution in [0.3, 0.4) is 0 Å². The molecule has 1 aromatic carbocycles. The van der Waals surface area contributed by atoms with E-state index in [0.29, 0.717) is 6.42 Å². The predicted octanol–water partition coefficient (Wildman–Crippen LogP) is 1.88. The van der Waals surface area contributed by atoms with Crippen molar-refractivity contribution in [1.29, 1.82) is 0 Å². The third-order valence-corrected chi connectivity index (χ3v) is 4.11. The van der Waals surface area contributed by atoms with E-state index in [2.05, 4.69) is 0 Å². The fourth-order valence-electron chi connectivity index (χ4n) is 1.57. The molecule has 1 heterocycles. The van der Waals surface area contributed by atoms with Crippen LogP contribution in [0.15, 0.2) is 29.2 Å². The van der Waals surface area contributed by atoms with Crippen LogP contribution < -0.4 is 0 Å². The molecular formula is C12H16O4S. The lowest BCUT2D eigenvalue weighted by Crippen LogP contribution is -2.28. The van der Waals surface area contributed by atoms with Gasteiger partial charge in [-0.25, -0.2) is 0 Å². The van der Waals surface area contributed by atoms with Crippen molar-refractivity contribution in [3.63, 3.8) is 0 Å². The molecule has 1 aliphatic heterocycles. The van der Waals surface area contributed by atoms with Gasteiger partial charge in [-0.05, 0) is 31.9 Å². The fourth-order valence-corrected chi connectivity index (χ4v) is 2.50. The molecular weight excluding hydrogens is 240 g/mol. The van der Waals surface area contributed by atoms with E-state index in [0.717, 1.165) is 18.6 Å². The molecule has 5 heteroatoms. The zero-order valence-corrected chi connectivity index (χ0v) is 10.6. The molecule has 1 aromatic rings. The van der Waals surface area contributed by atoms with E-state index in [9.17, 15) is 8.42 Å².